The Hall–Kier alpha value is -2.63. The number of fused-ring (bicyclic) bond motifs is 4. The van der Waals surface area contributed by atoms with Gasteiger partial charge in [0.05, 0.1) is 31.5 Å². The van der Waals surface area contributed by atoms with Crippen LogP contribution in [0, 0.1) is 17.8 Å². The molecule has 0 aromatic heterocycles. The van der Waals surface area contributed by atoms with Gasteiger partial charge in [-0.15, -0.1) is 23.2 Å². The number of carbonyl (C=O) groups excluding carboxylic acids is 5. The lowest BCUT2D eigenvalue weighted by molar-refractivity contribution is -0.140. The van der Waals surface area contributed by atoms with Crippen molar-refractivity contribution in [1.29, 1.82) is 0 Å². The van der Waals surface area contributed by atoms with Gasteiger partial charge in [-0.05, 0) is 36.5 Å². The highest BCUT2D eigenvalue weighted by atomic mass is 79.9. The van der Waals surface area contributed by atoms with Gasteiger partial charge in [0.2, 0.25) is 11.8 Å². The Labute approximate surface area is 229 Å². The number of nitrogens with zero attached hydrogens (tertiary/aromatic N) is 2. The summed E-state index contributed by atoms with van der Waals surface area (Å²) in [7, 11) is 2.42. The number of carbonyl (C=O) groups is 5. The van der Waals surface area contributed by atoms with Crippen molar-refractivity contribution < 1.29 is 38.6 Å². The lowest BCUT2D eigenvalue weighted by Gasteiger charge is -2.50. The summed E-state index contributed by atoms with van der Waals surface area (Å²) in [6.07, 6.45) is 0.536. The van der Waals surface area contributed by atoms with Crippen molar-refractivity contribution in [2.45, 2.75) is 28.5 Å². The predicted octanol–water partition coefficient (Wildman–Crippen LogP) is 2.88. The van der Waals surface area contributed by atoms with Gasteiger partial charge in [0.25, 0.3) is 11.8 Å². The van der Waals surface area contributed by atoms with Crippen LogP contribution in [-0.4, -0.2) is 74.1 Å². The third kappa shape index (κ3) is 3.20. The van der Waals surface area contributed by atoms with E-state index in [-0.39, 0.29) is 29.8 Å². The van der Waals surface area contributed by atoms with Gasteiger partial charge in [0, 0.05) is 5.92 Å². The number of imide groups is 4. The summed E-state index contributed by atoms with van der Waals surface area (Å²) in [4.78, 5) is 63.3. The van der Waals surface area contributed by atoms with Crippen molar-refractivity contribution in [1.82, 2.24) is 9.80 Å². The molecule has 1 aromatic carbocycles. The molecule has 2 heterocycles. The number of phenolic OH excluding ortho intramolecular Hbond substituents is 1. The molecule has 3 fully saturated rings. The lowest BCUT2D eigenvalue weighted by Crippen LogP contribution is -2.60. The van der Waals surface area contributed by atoms with Crippen molar-refractivity contribution in [3.63, 3.8) is 0 Å². The number of phenols is 1. The monoisotopic (exact) mass is 614 g/mol. The first-order valence-corrected chi connectivity index (χ1v) is 13.2. The van der Waals surface area contributed by atoms with E-state index in [0.29, 0.717) is 16.0 Å². The number of rotatable bonds is 3. The van der Waals surface area contributed by atoms with Gasteiger partial charge in [-0.1, -0.05) is 33.6 Å². The zero-order chi connectivity index (χ0) is 27.0. The molecule has 5 rings (SSSR count). The van der Waals surface area contributed by atoms with E-state index in [1.807, 2.05) is 0 Å². The SMILES string of the molecule is COC(=O)N1C(=O)C2CC=C3C(CC4(Cl)C(=O)N(CBr)C(=O)C4(Cl)C3c3ccc(O)c(OC)c3)C2C1=O. The fraction of sp³-hybridized carbons (Fsp3) is 0.458. The molecule has 2 aliphatic carbocycles. The molecule has 0 spiro atoms. The van der Waals surface area contributed by atoms with Crippen LogP contribution in [-0.2, 0) is 23.9 Å². The number of hydrogen-bond donors (Lipinski definition) is 1. The number of hydrogen-bond acceptors (Lipinski definition) is 8. The average molecular weight is 616 g/mol. The van der Waals surface area contributed by atoms with Crippen LogP contribution in [0.25, 0.3) is 0 Å². The number of benzene rings is 1. The summed E-state index contributed by atoms with van der Waals surface area (Å²) in [5.41, 5.74) is 0.816. The van der Waals surface area contributed by atoms with Gasteiger partial charge in [-0.2, -0.15) is 4.90 Å². The Bertz CT molecular complexity index is 1300. The molecule has 0 radical (unpaired) electrons. The molecule has 10 nitrogen and oxygen atoms in total. The van der Waals surface area contributed by atoms with E-state index in [4.69, 9.17) is 27.9 Å². The van der Waals surface area contributed by atoms with Crippen molar-refractivity contribution in [2.24, 2.45) is 17.8 Å². The molecule has 1 saturated carbocycles. The normalized spacial score (nSPS) is 34.7. The molecule has 37 heavy (non-hydrogen) atoms. The number of methoxy groups -OCH3 is 2. The van der Waals surface area contributed by atoms with E-state index < -0.39 is 63.1 Å². The van der Waals surface area contributed by atoms with Crippen LogP contribution in [0.3, 0.4) is 0 Å². The molecule has 5 amide bonds. The summed E-state index contributed by atoms with van der Waals surface area (Å²) in [5, 5.41) is 10.2. The fourth-order valence-electron chi connectivity index (χ4n) is 6.27. The highest BCUT2D eigenvalue weighted by Crippen LogP contribution is 2.65. The summed E-state index contributed by atoms with van der Waals surface area (Å²) in [5.74, 6) is -6.62. The topological polar surface area (TPSA) is 131 Å². The number of ether oxygens (including phenoxy) is 2. The van der Waals surface area contributed by atoms with E-state index in [9.17, 15) is 29.1 Å². The van der Waals surface area contributed by atoms with Gasteiger partial charge in [-0.25, -0.2) is 4.79 Å². The highest BCUT2D eigenvalue weighted by molar-refractivity contribution is 9.09. The molecule has 6 atom stereocenters. The molecule has 0 bridgehead atoms. The first-order valence-electron chi connectivity index (χ1n) is 11.3. The average Bonchev–Trinajstić information content (AvgIpc) is 3.22. The first kappa shape index (κ1) is 26.0. The van der Waals surface area contributed by atoms with Gasteiger partial charge >= 0.3 is 6.09 Å². The molecule has 2 saturated heterocycles. The number of halogens is 3. The van der Waals surface area contributed by atoms with Crippen LogP contribution >= 0.6 is 39.1 Å². The maximum atomic E-state index is 13.7. The van der Waals surface area contributed by atoms with E-state index in [0.717, 1.165) is 12.0 Å². The van der Waals surface area contributed by atoms with Gasteiger partial charge in [-0.3, -0.25) is 24.1 Å². The van der Waals surface area contributed by atoms with Gasteiger partial charge < -0.3 is 14.6 Å². The van der Waals surface area contributed by atoms with E-state index in [1.165, 1.54) is 25.3 Å². The minimum atomic E-state index is -1.98. The largest absolute Gasteiger partial charge is 0.504 e. The summed E-state index contributed by atoms with van der Waals surface area (Å²) in [6, 6.07) is 4.40. The third-order valence-corrected chi connectivity index (χ3v) is 9.82. The first-order chi connectivity index (χ1) is 17.5. The number of alkyl halides is 3. The smallest absolute Gasteiger partial charge is 0.423 e. The molecule has 196 valence electrons. The Morgan fingerprint density at radius 1 is 1.14 bits per heavy atom. The maximum absolute atomic E-state index is 13.7. The second-order valence-electron chi connectivity index (χ2n) is 9.40. The van der Waals surface area contributed by atoms with Crippen molar-refractivity contribution in [3.05, 3.63) is 35.4 Å². The number of amides is 5. The molecule has 1 N–H and O–H groups in total. The van der Waals surface area contributed by atoms with Crippen LogP contribution in [0.2, 0.25) is 0 Å². The third-order valence-electron chi connectivity index (χ3n) is 7.91. The zero-order valence-electron chi connectivity index (χ0n) is 19.6. The minimum absolute atomic E-state index is 0.104. The summed E-state index contributed by atoms with van der Waals surface area (Å²) in [6.45, 7) is 0. The predicted molar refractivity (Wildman–Crippen MR) is 132 cm³/mol. The van der Waals surface area contributed by atoms with E-state index in [2.05, 4.69) is 20.7 Å². The molecule has 1 aromatic rings. The molecular weight excluding hydrogens is 595 g/mol. The van der Waals surface area contributed by atoms with Crippen molar-refractivity contribution in [2.75, 3.05) is 19.7 Å². The van der Waals surface area contributed by atoms with Crippen LogP contribution in [0.15, 0.2) is 29.8 Å². The number of aromatic hydroxyl groups is 1. The van der Waals surface area contributed by atoms with E-state index in [1.54, 1.807) is 6.08 Å². The molecule has 2 aliphatic heterocycles. The highest BCUT2D eigenvalue weighted by Gasteiger charge is 2.76. The minimum Gasteiger partial charge on any atom is -0.504 e. The number of allylic oxidation sites excluding steroid dienone is 2. The van der Waals surface area contributed by atoms with Crippen molar-refractivity contribution in [3.8, 4) is 11.5 Å². The fourth-order valence-corrected chi connectivity index (χ4v) is 7.70. The molecule has 4 aliphatic rings. The maximum Gasteiger partial charge on any atom is 0.423 e. The summed E-state index contributed by atoms with van der Waals surface area (Å²) < 4.78 is 9.90. The molecule has 6 unspecified atom stereocenters. The Morgan fingerprint density at radius 3 is 2.46 bits per heavy atom. The zero-order valence-corrected chi connectivity index (χ0v) is 22.7. The Kier molecular flexibility index (Phi) is 6.12. The Morgan fingerprint density at radius 2 is 1.84 bits per heavy atom. The summed E-state index contributed by atoms with van der Waals surface area (Å²) >= 11 is 17.3. The number of likely N-dealkylation sites (tertiary alicyclic amines) is 2. The van der Waals surface area contributed by atoms with Crippen molar-refractivity contribution >= 4 is 68.9 Å². The van der Waals surface area contributed by atoms with E-state index >= 15 is 0 Å². The lowest BCUT2D eigenvalue weighted by atomic mass is 9.56. The molecular formula is C24H21BrCl2N2O8. The van der Waals surface area contributed by atoms with Crippen LogP contribution in [0.4, 0.5) is 4.79 Å². The second-order valence-corrected chi connectivity index (χ2v) is 11.1. The quantitative estimate of drug-likeness (QED) is 0.238. The molecule has 13 heteroatoms. The van der Waals surface area contributed by atoms with Crippen LogP contribution in [0.5, 0.6) is 11.5 Å². The van der Waals surface area contributed by atoms with Gasteiger partial charge in [0.15, 0.2) is 21.2 Å². The van der Waals surface area contributed by atoms with Gasteiger partial charge in [0.1, 0.15) is 0 Å². The van der Waals surface area contributed by atoms with Crippen LogP contribution < -0.4 is 4.74 Å². The second kappa shape index (κ2) is 8.71. The standard InChI is InChI=1S/C24H21BrCl2N2O8/c1-36-15-7-10(3-6-14(15)30)17-11-4-5-12-16(19(32)29(18(12)31)22(35)37-2)13(11)8-23(26)20(33)28(9-25)21(34)24(17,23)27/h3-4,6-7,12-13,16-17,30H,5,8-9H2,1-2H3. The van der Waals surface area contributed by atoms with Crippen LogP contribution in [0.1, 0.15) is 24.3 Å². The Balaban J connectivity index is 1.73.